The van der Waals surface area contributed by atoms with Crippen LogP contribution in [0.2, 0.25) is 0 Å². The Morgan fingerprint density at radius 1 is 1.31 bits per heavy atom. The number of aliphatic hydroxyl groups is 1. The van der Waals surface area contributed by atoms with Gasteiger partial charge in [-0.1, -0.05) is 24.3 Å². The zero-order valence-electron chi connectivity index (χ0n) is 9.73. The lowest BCUT2D eigenvalue weighted by atomic mass is 10.1. The molecule has 0 saturated heterocycles. The second-order valence-electron chi connectivity index (χ2n) is 4.10. The molecule has 0 aliphatic heterocycles. The second-order valence-corrected chi connectivity index (χ2v) is 4.10. The predicted molar refractivity (Wildman–Crippen MR) is 63.1 cm³/mol. The molecule has 0 heterocycles. The minimum Gasteiger partial charge on any atom is -0.465 e. The summed E-state index contributed by atoms with van der Waals surface area (Å²) < 4.78 is 4.59. The van der Waals surface area contributed by atoms with Crippen LogP contribution < -0.4 is 0 Å². The number of carbonyl (C=O) groups is 1. The summed E-state index contributed by atoms with van der Waals surface area (Å²) in [5, 5.41) is 9.50. The van der Waals surface area contributed by atoms with E-state index in [0.717, 1.165) is 5.56 Å². The molecular weight excluding hydrogens is 204 g/mol. The van der Waals surface area contributed by atoms with Crippen molar-refractivity contribution in [2.24, 2.45) is 0 Å². The van der Waals surface area contributed by atoms with Gasteiger partial charge in [-0.25, -0.2) is 4.79 Å². The van der Waals surface area contributed by atoms with E-state index in [1.54, 1.807) is 50.3 Å². The van der Waals surface area contributed by atoms with E-state index < -0.39 is 5.60 Å². The molecule has 1 N–H and O–H groups in total. The SMILES string of the molecule is COC(=O)c1ccc(C=CC(C)(C)O)cc1. The molecule has 0 aliphatic rings. The molecule has 0 saturated carbocycles. The third-order valence-electron chi connectivity index (χ3n) is 2.02. The number of hydrogen-bond acceptors (Lipinski definition) is 3. The van der Waals surface area contributed by atoms with E-state index in [1.807, 2.05) is 0 Å². The summed E-state index contributed by atoms with van der Waals surface area (Å²) in [4.78, 5) is 11.2. The Hall–Kier alpha value is -1.61. The normalized spacial score (nSPS) is 11.8. The molecule has 1 rings (SSSR count). The summed E-state index contributed by atoms with van der Waals surface area (Å²) >= 11 is 0. The minimum absolute atomic E-state index is 0.349. The molecule has 3 heteroatoms. The number of hydrogen-bond donors (Lipinski definition) is 1. The Labute approximate surface area is 95.4 Å². The van der Waals surface area contributed by atoms with Gasteiger partial charge in [0.05, 0.1) is 18.3 Å². The standard InChI is InChI=1S/C13H16O3/c1-13(2,15)9-8-10-4-6-11(7-5-10)12(14)16-3/h4-9,15H,1-3H3. The summed E-state index contributed by atoms with van der Waals surface area (Å²) in [5.74, 6) is -0.349. The van der Waals surface area contributed by atoms with Crippen molar-refractivity contribution in [1.29, 1.82) is 0 Å². The van der Waals surface area contributed by atoms with Crippen LogP contribution in [-0.2, 0) is 4.74 Å². The highest BCUT2D eigenvalue weighted by molar-refractivity contribution is 5.89. The number of esters is 1. The van der Waals surface area contributed by atoms with Gasteiger partial charge in [0.1, 0.15) is 0 Å². The number of ether oxygens (including phenoxy) is 1. The van der Waals surface area contributed by atoms with Gasteiger partial charge in [0.15, 0.2) is 0 Å². The first-order valence-electron chi connectivity index (χ1n) is 5.02. The lowest BCUT2D eigenvalue weighted by molar-refractivity contribution is 0.0600. The highest BCUT2D eigenvalue weighted by Gasteiger charge is 2.06. The van der Waals surface area contributed by atoms with Gasteiger partial charge >= 0.3 is 5.97 Å². The van der Waals surface area contributed by atoms with Gasteiger partial charge in [0.2, 0.25) is 0 Å². The first-order chi connectivity index (χ1) is 7.42. The molecule has 0 atom stereocenters. The lowest BCUT2D eigenvalue weighted by Gasteiger charge is -2.09. The van der Waals surface area contributed by atoms with Gasteiger partial charge in [-0.05, 0) is 31.5 Å². The smallest absolute Gasteiger partial charge is 0.337 e. The van der Waals surface area contributed by atoms with Crippen molar-refractivity contribution in [3.05, 3.63) is 41.5 Å². The number of benzene rings is 1. The van der Waals surface area contributed by atoms with Crippen molar-refractivity contribution in [3.8, 4) is 0 Å². The summed E-state index contributed by atoms with van der Waals surface area (Å²) in [6, 6.07) is 6.98. The van der Waals surface area contributed by atoms with Gasteiger partial charge < -0.3 is 9.84 Å². The molecule has 0 spiro atoms. The van der Waals surface area contributed by atoms with E-state index in [-0.39, 0.29) is 5.97 Å². The Morgan fingerprint density at radius 3 is 2.31 bits per heavy atom. The predicted octanol–water partition coefficient (Wildman–Crippen LogP) is 2.26. The number of rotatable bonds is 3. The van der Waals surface area contributed by atoms with Gasteiger partial charge in [-0.3, -0.25) is 0 Å². The molecule has 0 aliphatic carbocycles. The van der Waals surface area contributed by atoms with Gasteiger partial charge in [-0.2, -0.15) is 0 Å². The molecular formula is C13H16O3. The number of carbonyl (C=O) groups excluding carboxylic acids is 1. The van der Waals surface area contributed by atoms with E-state index in [4.69, 9.17) is 0 Å². The van der Waals surface area contributed by atoms with Gasteiger partial charge in [0, 0.05) is 0 Å². The third-order valence-corrected chi connectivity index (χ3v) is 2.02. The zero-order valence-corrected chi connectivity index (χ0v) is 9.73. The maximum Gasteiger partial charge on any atom is 0.337 e. The molecule has 1 aromatic rings. The summed E-state index contributed by atoms with van der Waals surface area (Å²) in [7, 11) is 1.35. The van der Waals surface area contributed by atoms with Crippen molar-refractivity contribution in [2.45, 2.75) is 19.4 Å². The number of methoxy groups -OCH3 is 1. The van der Waals surface area contributed by atoms with E-state index >= 15 is 0 Å². The van der Waals surface area contributed by atoms with Crippen molar-refractivity contribution in [2.75, 3.05) is 7.11 Å². The summed E-state index contributed by atoms with van der Waals surface area (Å²) in [5.41, 5.74) is 0.610. The van der Waals surface area contributed by atoms with E-state index in [2.05, 4.69) is 4.74 Å². The topological polar surface area (TPSA) is 46.5 Å². The molecule has 0 radical (unpaired) electrons. The maximum atomic E-state index is 11.2. The molecule has 16 heavy (non-hydrogen) atoms. The monoisotopic (exact) mass is 220 g/mol. The van der Waals surface area contributed by atoms with Gasteiger partial charge in [0.25, 0.3) is 0 Å². The third kappa shape index (κ3) is 3.87. The van der Waals surface area contributed by atoms with Crippen LogP contribution in [-0.4, -0.2) is 23.8 Å². The fraction of sp³-hybridized carbons (Fsp3) is 0.308. The Morgan fingerprint density at radius 2 is 1.88 bits per heavy atom. The highest BCUT2D eigenvalue weighted by Crippen LogP contribution is 2.10. The van der Waals surface area contributed by atoms with Crippen LogP contribution in [0.1, 0.15) is 29.8 Å². The fourth-order valence-corrected chi connectivity index (χ4v) is 1.15. The van der Waals surface area contributed by atoms with Crippen LogP contribution in [0.5, 0.6) is 0 Å². The second kappa shape index (κ2) is 4.94. The Balaban J connectivity index is 2.80. The maximum absolute atomic E-state index is 11.2. The zero-order chi connectivity index (χ0) is 12.2. The van der Waals surface area contributed by atoms with Crippen LogP contribution in [0, 0.1) is 0 Å². The Kier molecular flexibility index (Phi) is 3.85. The molecule has 0 unspecified atom stereocenters. The lowest BCUT2D eigenvalue weighted by Crippen LogP contribution is -2.13. The average molecular weight is 220 g/mol. The van der Waals surface area contributed by atoms with Crippen LogP contribution in [0.25, 0.3) is 6.08 Å². The van der Waals surface area contributed by atoms with Crippen LogP contribution in [0.4, 0.5) is 0 Å². The molecule has 0 bridgehead atoms. The molecule has 86 valence electrons. The molecule has 0 amide bonds. The fourth-order valence-electron chi connectivity index (χ4n) is 1.15. The van der Waals surface area contributed by atoms with Crippen LogP contribution >= 0.6 is 0 Å². The average Bonchev–Trinajstić information content (AvgIpc) is 2.25. The first-order valence-corrected chi connectivity index (χ1v) is 5.02. The van der Waals surface area contributed by atoms with E-state index in [0.29, 0.717) is 5.56 Å². The Bertz CT molecular complexity index is 383. The molecule has 1 aromatic carbocycles. The highest BCUT2D eigenvalue weighted by atomic mass is 16.5. The van der Waals surface area contributed by atoms with Crippen LogP contribution in [0.3, 0.4) is 0 Å². The van der Waals surface area contributed by atoms with Crippen molar-refractivity contribution >= 4 is 12.0 Å². The van der Waals surface area contributed by atoms with Crippen molar-refractivity contribution < 1.29 is 14.6 Å². The quantitative estimate of drug-likeness (QED) is 0.795. The van der Waals surface area contributed by atoms with Crippen LogP contribution in [0.15, 0.2) is 30.3 Å². The summed E-state index contributed by atoms with van der Waals surface area (Å²) in [6.07, 6.45) is 3.50. The molecule has 3 nitrogen and oxygen atoms in total. The minimum atomic E-state index is -0.832. The van der Waals surface area contributed by atoms with E-state index in [9.17, 15) is 9.90 Å². The molecule has 0 aromatic heterocycles. The van der Waals surface area contributed by atoms with E-state index in [1.165, 1.54) is 7.11 Å². The summed E-state index contributed by atoms with van der Waals surface area (Å²) in [6.45, 7) is 3.40. The largest absolute Gasteiger partial charge is 0.465 e. The van der Waals surface area contributed by atoms with Crippen molar-refractivity contribution in [3.63, 3.8) is 0 Å². The van der Waals surface area contributed by atoms with Gasteiger partial charge in [-0.15, -0.1) is 0 Å². The van der Waals surface area contributed by atoms with Crippen molar-refractivity contribution in [1.82, 2.24) is 0 Å². The first kappa shape index (κ1) is 12.5. The molecule has 0 fully saturated rings.